The van der Waals surface area contributed by atoms with Crippen LogP contribution in [0.1, 0.15) is 16.7 Å². The van der Waals surface area contributed by atoms with Gasteiger partial charge in [0.05, 0.1) is 0 Å². The molecule has 0 amide bonds. The zero-order chi connectivity index (χ0) is 20.5. The van der Waals surface area contributed by atoms with Crippen molar-refractivity contribution >= 4 is 21.6 Å². The predicted molar refractivity (Wildman–Crippen MR) is 96.1 cm³/mol. The van der Waals surface area contributed by atoms with Crippen LogP contribution in [-0.2, 0) is 29.5 Å². The third kappa shape index (κ3) is 4.42. The molecule has 0 atom stereocenters. The average molecular weight is 438 g/mol. The molecule has 4 nitrogen and oxygen atoms in total. The molecule has 1 heterocycles. The Kier molecular flexibility index (Phi) is 5.88. The lowest BCUT2D eigenvalue weighted by molar-refractivity contribution is -0.0488. The van der Waals surface area contributed by atoms with Crippen LogP contribution in [0.4, 0.5) is 17.6 Å². The van der Waals surface area contributed by atoms with Crippen molar-refractivity contribution in [1.82, 2.24) is 4.31 Å². The molecular weight excluding hydrogens is 422 g/mol. The smallest absolute Gasteiger partial charge is 0.489 e. The van der Waals surface area contributed by atoms with E-state index in [0.29, 0.717) is 21.2 Å². The number of rotatable bonds is 4. The fourth-order valence-corrected chi connectivity index (χ4v) is 4.07. The number of halogens is 5. The lowest BCUT2D eigenvalue weighted by Crippen LogP contribution is -2.42. The maximum absolute atomic E-state index is 13.8. The van der Waals surface area contributed by atoms with Gasteiger partial charge in [-0.3, -0.25) is 0 Å². The van der Waals surface area contributed by atoms with E-state index in [4.69, 9.17) is 16.3 Å². The summed E-state index contributed by atoms with van der Waals surface area (Å²) in [6, 6.07) is 9.17. The number of sulfonamides is 1. The van der Waals surface area contributed by atoms with E-state index < -0.39 is 21.3 Å². The first kappa shape index (κ1) is 20.9. The van der Waals surface area contributed by atoms with E-state index in [2.05, 4.69) is 0 Å². The molecule has 0 aromatic heterocycles. The van der Waals surface area contributed by atoms with Crippen LogP contribution >= 0.6 is 11.6 Å². The van der Waals surface area contributed by atoms with Crippen LogP contribution in [0.25, 0.3) is 0 Å². The summed E-state index contributed by atoms with van der Waals surface area (Å²) in [5, 5.41) is 0.268. The molecule has 0 aliphatic carbocycles. The molecule has 28 heavy (non-hydrogen) atoms. The van der Waals surface area contributed by atoms with Gasteiger partial charge in [-0.05, 0) is 48.2 Å². The normalized spacial score (nSPS) is 15.8. The van der Waals surface area contributed by atoms with E-state index >= 15 is 0 Å². The van der Waals surface area contributed by atoms with Crippen molar-refractivity contribution < 1.29 is 30.7 Å². The van der Waals surface area contributed by atoms with Crippen molar-refractivity contribution in [3.8, 4) is 5.75 Å². The molecule has 2 aromatic rings. The van der Waals surface area contributed by atoms with Crippen LogP contribution in [-0.4, -0.2) is 31.3 Å². The highest BCUT2D eigenvalue weighted by Crippen LogP contribution is 2.30. The second-order valence-corrected chi connectivity index (χ2v) is 8.67. The van der Waals surface area contributed by atoms with Gasteiger partial charge in [0.2, 0.25) is 0 Å². The minimum atomic E-state index is -5.36. The van der Waals surface area contributed by atoms with E-state index in [-0.39, 0.29) is 37.6 Å². The highest BCUT2D eigenvalue weighted by molar-refractivity contribution is 7.90. The molecule has 10 heteroatoms. The number of alkyl halides is 3. The molecule has 0 spiro atoms. The highest BCUT2D eigenvalue weighted by atomic mass is 35.5. The number of hydrogen-bond acceptors (Lipinski definition) is 3. The van der Waals surface area contributed by atoms with E-state index in [1.54, 1.807) is 18.2 Å². The van der Waals surface area contributed by atoms with E-state index in [9.17, 15) is 26.0 Å². The van der Waals surface area contributed by atoms with Crippen molar-refractivity contribution in [2.75, 3.05) is 13.1 Å². The molecule has 0 saturated carbocycles. The minimum Gasteiger partial charge on any atom is -0.489 e. The summed E-state index contributed by atoms with van der Waals surface area (Å²) in [6.45, 7) is -0.564. The van der Waals surface area contributed by atoms with Crippen LogP contribution in [0.2, 0.25) is 5.02 Å². The summed E-state index contributed by atoms with van der Waals surface area (Å²) in [5.74, 6) is -0.0875. The quantitative estimate of drug-likeness (QED) is 0.670. The number of hydrogen-bond donors (Lipinski definition) is 0. The van der Waals surface area contributed by atoms with Gasteiger partial charge in [0, 0.05) is 23.7 Å². The molecule has 0 radical (unpaired) electrons. The number of ether oxygens (including phenoxy) is 1. The fraction of sp³-hybridized carbons (Fsp3) is 0.333. The lowest BCUT2D eigenvalue weighted by Gasteiger charge is -2.21. The number of benzene rings is 2. The van der Waals surface area contributed by atoms with Crippen molar-refractivity contribution in [1.29, 1.82) is 0 Å². The monoisotopic (exact) mass is 437 g/mol. The van der Waals surface area contributed by atoms with Crippen molar-refractivity contribution in [2.24, 2.45) is 0 Å². The second-order valence-electron chi connectivity index (χ2n) is 6.30. The Bertz CT molecular complexity index is 979. The SMILES string of the molecule is O=S(=O)(N1CCc2ccc(OCc3ccc(Cl)cc3F)cc2CC1)C(F)(F)F. The van der Waals surface area contributed by atoms with Crippen LogP contribution in [0, 0.1) is 5.82 Å². The molecule has 0 unspecified atom stereocenters. The lowest BCUT2D eigenvalue weighted by atomic mass is 10.0. The van der Waals surface area contributed by atoms with Crippen molar-refractivity contribution in [3.05, 3.63) is 63.9 Å². The van der Waals surface area contributed by atoms with Gasteiger partial charge in [-0.25, -0.2) is 12.8 Å². The first-order chi connectivity index (χ1) is 13.1. The standard InChI is InChI=1S/C18H16ClF4NO3S/c19-15-3-1-14(17(20)10-15)11-27-16-4-2-12-5-7-24(8-6-13(12)9-16)28(25,26)18(21,22)23/h1-4,9-10H,5-8,11H2. The first-order valence-electron chi connectivity index (χ1n) is 8.33. The summed E-state index contributed by atoms with van der Waals surface area (Å²) in [4.78, 5) is 0. The van der Waals surface area contributed by atoms with Gasteiger partial charge in [0.15, 0.2) is 0 Å². The first-order valence-corrected chi connectivity index (χ1v) is 10.1. The molecule has 0 bridgehead atoms. The average Bonchev–Trinajstić information content (AvgIpc) is 2.82. The summed E-state index contributed by atoms with van der Waals surface area (Å²) in [5.41, 5.74) is -3.55. The predicted octanol–water partition coefficient (Wildman–Crippen LogP) is 4.31. The molecule has 0 N–H and O–H groups in total. The Hall–Kier alpha value is -1.84. The molecule has 1 aliphatic heterocycles. The zero-order valence-electron chi connectivity index (χ0n) is 14.5. The Labute approximate surface area is 164 Å². The third-order valence-electron chi connectivity index (χ3n) is 4.48. The van der Waals surface area contributed by atoms with E-state index in [0.717, 1.165) is 5.56 Å². The molecule has 0 saturated heterocycles. The Morgan fingerprint density at radius 2 is 1.71 bits per heavy atom. The van der Waals surface area contributed by atoms with E-state index in [1.165, 1.54) is 18.2 Å². The maximum atomic E-state index is 13.8. The third-order valence-corrected chi connectivity index (χ3v) is 6.35. The number of fused-ring (bicyclic) bond motifs is 1. The minimum absolute atomic E-state index is 0.0453. The Morgan fingerprint density at radius 1 is 1.04 bits per heavy atom. The van der Waals surface area contributed by atoms with E-state index in [1.807, 2.05) is 0 Å². The molecule has 2 aromatic carbocycles. The zero-order valence-corrected chi connectivity index (χ0v) is 16.0. The molecule has 152 valence electrons. The van der Waals surface area contributed by atoms with Gasteiger partial charge in [-0.1, -0.05) is 23.7 Å². The summed E-state index contributed by atoms with van der Waals surface area (Å²) in [7, 11) is -5.36. The summed E-state index contributed by atoms with van der Waals surface area (Å²) < 4.78 is 81.4. The Morgan fingerprint density at radius 3 is 2.36 bits per heavy atom. The summed E-state index contributed by atoms with van der Waals surface area (Å²) >= 11 is 5.70. The van der Waals surface area contributed by atoms with Gasteiger partial charge in [0.25, 0.3) is 0 Å². The van der Waals surface area contributed by atoms with Crippen LogP contribution < -0.4 is 4.74 Å². The van der Waals surface area contributed by atoms with Gasteiger partial charge < -0.3 is 4.74 Å². The largest absolute Gasteiger partial charge is 0.511 e. The van der Waals surface area contributed by atoms with Gasteiger partial charge in [0.1, 0.15) is 18.2 Å². The number of nitrogens with zero attached hydrogens (tertiary/aromatic N) is 1. The van der Waals surface area contributed by atoms with Crippen LogP contribution in [0.5, 0.6) is 5.75 Å². The Balaban J connectivity index is 1.71. The van der Waals surface area contributed by atoms with Crippen LogP contribution in [0.15, 0.2) is 36.4 Å². The van der Waals surface area contributed by atoms with Gasteiger partial charge in [-0.2, -0.15) is 17.5 Å². The summed E-state index contributed by atoms with van der Waals surface area (Å²) in [6.07, 6.45) is 0.286. The van der Waals surface area contributed by atoms with Crippen molar-refractivity contribution in [2.45, 2.75) is 25.0 Å². The topological polar surface area (TPSA) is 46.6 Å². The second kappa shape index (κ2) is 7.88. The molecular formula is C18H16ClF4NO3S. The van der Waals surface area contributed by atoms with Crippen LogP contribution in [0.3, 0.4) is 0 Å². The van der Waals surface area contributed by atoms with Crippen molar-refractivity contribution in [3.63, 3.8) is 0 Å². The van der Waals surface area contributed by atoms with Gasteiger partial charge in [-0.15, -0.1) is 0 Å². The van der Waals surface area contributed by atoms with Gasteiger partial charge >= 0.3 is 15.5 Å². The molecule has 1 aliphatic rings. The highest BCUT2D eigenvalue weighted by Gasteiger charge is 2.49. The molecule has 3 rings (SSSR count). The fourth-order valence-electron chi connectivity index (χ4n) is 2.96. The maximum Gasteiger partial charge on any atom is 0.511 e. The molecule has 0 fully saturated rings.